The van der Waals surface area contributed by atoms with Gasteiger partial charge in [0.1, 0.15) is 0 Å². The van der Waals surface area contributed by atoms with Crippen LogP contribution in [0.5, 0.6) is 0 Å². The van der Waals surface area contributed by atoms with Crippen LogP contribution in [0.2, 0.25) is 0 Å². The van der Waals surface area contributed by atoms with E-state index in [0.717, 1.165) is 30.4 Å². The number of hydrogen-bond donors (Lipinski definition) is 3. The van der Waals surface area contributed by atoms with Gasteiger partial charge in [0.2, 0.25) is 5.91 Å². The van der Waals surface area contributed by atoms with Gasteiger partial charge in [0.05, 0.1) is 56.1 Å². The Labute approximate surface area is 195 Å². The van der Waals surface area contributed by atoms with E-state index in [1.807, 2.05) is 13.0 Å². The van der Waals surface area contributed by atoms with Crippen LogP contribution in [-0.2, 0) is 20.7 Å². The smallest absolute Gasteiger partial charge is 0.237 e. The molecule has 1 aromatic rings. The number of rotatable bonds is 4. The molecule has 7 atom stereocenters. The first-order valence-corrected chi connectivity index (χ1v) is 11.9. The summed E-state index contributed by atoms with van der Waals surface area (Å²) in [6.07, 6.45) is 1.73. The Kier molecular flexibility index (Phi) is 7.03. The molecule has 178 valence electrons. The fourth-order valence-corrected chi connectivity index (χ4v) is 6.22. The van der Waals surface area contributed by atoms with E-state index in [-0.39, 0.29) is 48.2 Å². The Morgan fingerprint density at radius 3 is 2.82 bits per heavy atom. The first-order chi connectivity index (χ1) is 15.8. The Balaban J connectivity index is 1.74. The first-order valence-electron chi connectivity index (χ1n) is 11.9. The molecule has 4 N–H and O–H groups in total. The normalized spacial score (nSPS) is 33.3. The van der Waals surface area contributed by atoms with Gasteiger partial charge >= 0.3 is 0 Å². The molecule has 33 heavy (non-hydrogen) atoms. The number of ether oxygens (including phenoxy) is 2. The Morgan fingerprint density at radius 2 is 2.18 bits per heavy atom. The minimum atomic E-state index is -0.581. The maximum absolute atomic E-state index is 14.1. The molecule has 1 heterocycles. The molecule has 1 amide bonds. The van der Waals surface area contributed by atoms with Crippen LogP contribution in [0.25, 0.3) is 0 Å². The molecule has 2 fully saturated rings. The summed E-state index contributed by atoms with van der Waals surface area (Å²) in [6.45, 7) is 5.56. The fourth-order valence-electron chi connectivity index (χ4n) is 6.22. The van der Waals surface area contributed by atoms with Crippen molar-refractivity contribution >= 4 is 11.9 Å². The minimum Gasteiger partial charge on any atom is -0.393 e. The average Bonchev–Trinajstić information content (AvgIpc) is 2.83. The van der Waals surface area contributed by atoms with Crippen molar-refractivity contribution in [3.05, 3.63) is 34.9 Å². The number of guanidine groups is 1. The van der Waals surface area contributed by atoms with E-state index in [0.29, 0.717) is 25.4 Å². The van der Waals surface area contributed by atoms with E-state index in [2.05, 4.69) is 13.0 Å². The first kappa shape index (κ1) is 23.7. The van der Waals surface area contributed by atoms with Crippen LogP contribution in [0, 0.1) is 40.4 Å². The Bertz CT molecular complexity index is 939. The third kappa shape index (κ3) is 4.50. The second-order valence-electron chi connectivity index (χ2n) is 9.70. The summed E-state index contributed by atoms with van der Waals surface area (Å²) in [5, 5.41) is 28.7. The molecule has 2 aliphatic carbocycles. The molecule has 2 unspecified atom stereocenters. The molecule has 8 heteroatoms. The van der Waals surface area contributed by atoms with Crippen LogP contribution >= 0.6 is 0 Å². The lowest BCUT2D eigenvalue weighted by molar-refractivity contribution is -0.140. The SMILES string of the molecule is CC[C@@H]1CC2Cc3ccc(C#N)cc3[C@@H](C(=O)N(C[C@H]3COCCO3)C(=N)N)C2[C@H](C)[C@H]1O. The van der Waals surface area contributed by atoms with Gasteiger partial charge in [-0.2, -0.15) is 5.26 Å². The molecule has 0 radical (unpaired) electrons. The van der Waals surface area contributed by atoms with Crippen molar-refractivity contribution < 1.29 is 19.4 Å². The predicted molar refractivity (Wildman–Crippen MR) is 122 cm³/mol. The highest BCUT2D eigenvalue weighted by molar-refractivity contribution is 5.98. The number of carbonyl (C=O) groups is 1. The summed E-state index contributed by atoms with van der Waals surface area (Å²) >= 11 is 0. The summed E-state index contributed by atoms with van der Waals surface area (Å²) in [6, 6.07) is 7.74. The summed E-state index contributed by atoms with van der Waals surface area (Å²) < 4.78 is 11.2. The third-order valence-corrected chi connectivity index (χ3v) is 7.87. The van der Waals surface area contributed by atoms with Gasteiger partial charge in [-0.1, -0.05) is 26.3 Å². The van der Waals surface area contributed by atoms with Crippen molar-refractivity contribution in [2.45, 2.75) is 51.2 Å². The van der Waals surface area contributed by atoms with Gasteiger partial charge in [0.25, 0.3) is 0 Å². The summed E-state index contributed by atoms with van der Waals surface area (Å²) in [5.41, 5.74) is 8.28. The molecule has 1 aliphatic heterocycles. The maximum Gasteiger partial charge on any atom is 0.237 e. The number of nitrogens with one attached hydrogen (secondary N) is 1. The van der Waals surface area contributed by atoms with E-state index in [1.54, 1.807) is 12.1 Å². The Hall–Kier alpha value is -2.47. The predicted octanol–water partition coefficient (Wildman–Crippen LogP) is 1.99. The molecule has 4 rings (SSSR count). The number of nitriles is 1. The van der Waals surface area contributed by atoms with E-state index < -0.39 is 12.0 Å². The maximum atomic E-state index is 14.1. The number of aliphatic hydroxyl groups excluding tert-OH is 1. The zero-order valence-electron chi connectivity index (χ0n) is 19.4. The second-order valence-corrected chi connectivity index (χ2v) is 9.70. The van der Waals surface area contributed by atoms with Crippen LogP contribution < -0.4 is 5.73 Å². The molecule has 0 bridgehead atoms. The zero-order valence-corrected chi connectivity index (χ0v) is 19.4. The van der Waals surface area contributed by atoms with Crippen LogP contribution in [0.4, 0.5) is 0 Å². The number of fused-ring (bicyclic) bond motifs is 2. The number of aliphatic hydroxyl groups is 1. The third-order valence-electron chi connectivity index (χ3n) is 7.87. The van der Waals surface area contributed by atoms with Crippen molar-refractivity contribution in [2.24, 2.45) is 29.4 Å². The van der Waals surface area contributed by atoms with Crippen molar-refractivity contribution in [3.63, 3.8) is 0 Å². The molecule has 0 spiro atoms. The van der Waals surface area contributed by atoms with Crippen molar-refractivity contribution in [3.8, 4) is 6.07 Å². The molecule has 0 aromatic heterocycles. The molecular weight excluding hydrogens is 420 g/mol. The number of amides is 1. The highest BCUT2D eigenvalue weighted by Gasteiger charge is 2.51. The lowest BCUT2D eigenvalue weighted by atomic mass is 9.56. The summed E-state index contributed by atoms with van der Waals surface area (Å²) in [5.74, 6) is -0.921. The lowest BCUT2D eigenvalue weighted by Gasteiger charge is -2.50. The Morgan fingerprint density at radius 1 is 1.39 bits per heavy atom. The van der Waals surface area contributed by atoms with Gasteiger partial charge in [0, 0.05) is 0 Å². The van der Waals surface area contributed by atoms with E-state index in [1.165, 1.54) is 4.90 Å². The van der Waals surface area contributed by atoms with Gasteiger partial charge in [-0.25, -0.2) is 0 Å². The van der Waals surface area contributed by atoms with Crippen molar-refractivity contribution in [2.75, 3.05) is 26.4 Å². The van der Waals surface area contributed by atoms with Crippen molar-refractivity contribution in [1.82, 2.24) is 4.90 Å². The van der Waals surface area contributed by atoms with Crippen LogP contribution in [-0.4, -0.2) is 60.4 Å². The molecule has 3 aliphatic rings. The largest absolute Gasteiger partial charge is 0.393 e. The van der Waals surface area contributed by atoms with Gasteiger partial charge < -0.3 is 20.3 Å². The van der Waals surface area contributed by atoms with E-state index in [9.17, 15) is 15.2 Å². The molecule has 1 saturated carbocycles. The van der Waals surface area contributed by atoms with Crippen molar-refractivity contribution in [1.29, 1.82) is 10.7 Å². The van der Waals surface area contributed by atoms with E-state index in [4.69, 9.17) is 20.6 Å². The van der Waals surface area contributed by atoms with Crippen LogP contribution in [0.1, 0.15) is 49.3 Å². The number of nitrogens with zero attached hydrogens (tertiary/aromatic N) is 2. The monoisotopic (exact) mass is 454 g/mol. The molecule has 1 aromatic carbocycles. The quantitative estimate of drug-likeness (QED) is 0.471. The van der Waals surface area contributed by atoms with E-state index >= 15 is 0 Å². The van der Waals surface area contributed by atoms with Gasteiger partial charge in [-0.15, -0.1) is 0 Å². The fraction of sp³-hybridized carbons (Fsp3) is 0.640. The number of carbonyl (C=O) groups excluding carboxylic acids is 1. The number of nitrogens with two attached hydrogens (primary N) is 1. The zero-order chi connectivity index (χ0) is 23.7. The summed E-state index contributed by atoms with van der Waals surface area (Å²) in [7, 11) is 0. The topological polar surface area (TPSA) is 133 Å². The van der Waals surface area contributed by atoms with Crippen LogP contribution in [0.15, 0.2) is 18.2 Å². The summed E-state index contributed by atoms with van der Waals surface area (Å²) in [4.78, 5) is 15.4. The average molecular weight is 455 g/mol. The van der Waals surface area contributed by atoms with Crippen LogP contribution in [0.3, 0.4) is 0 Å². The lowest BCUT2D eigenvalue weighted by Crippen LogP contribution is -2.55. The highest BCUT2D eigenvalue weighted by Crippen LogP contribution is 2.52. The number of benzene rings is 1. The van der Waals surface area contributed by atoms with Gasteiger partial charge in [-0.3, -0.25) is 15.1 Å². The van der Waals surface area contributed by atoms with Gasteiger partial charge in [-0.05, 0) is 59.8 Å². The standard InChI is InChI=1S/C25H34N4O4/c1-3-16-9-18-10-17-5-4-15(11-26)8-20(17)22(21(18)14(2)23(16)30)24(31)29(25(27)28)12-19-13-32-6-7-33-19/h4-5,8,14,16,18-19,21-23,30H,3,6-7,9-10,12-13H2,1-2H3,(H3,27,28)/t14-,16+,18?,19-,21?,22+,23+/m0/s1. The molecule has 1 saturated heterocycles. The second kappa shape index (κ2) is 9.80. The molecular formula is C25H34N4O4. The minimum absolute atomic E-state index is 0.0930. The van der Waals surface area contributed by atoms with Gasteiger partial charge in [0.15, 0.2) is 5.96 Å². The highest BCUT2D eigenvalue weighted by atomic mass is 16.6. The number of hydrogen-bond acceptors (Lipinski definition) is 6. The molecule has 8 nitrogen and oxygen atoms in total.